The van der Waals surface area contributed by atoms with Gasteiger partial charge in [0.25, 0.3) is 0 Å². The van der Waals surface area contributed by atoms with Gasteiger partial charge in [0.2, 0.25) is 0 Å². The van der Waals surface area contributed by atoms with Gasteiger partial charge in [-0.1, -0.05) is 44.9 Å². The Kier molecular flexibility index (Phi) is 10.5. The average molecular weight is 311 g/mol. The number of nitrogens with one attached hydrogen (secondary N) is 1. The van der Waals surface area contributed by atoms with Crippen molar-refractivity contribution in [2.45, 2.75) is 83.1 Å². The number of carbonyl (C=O) groups is 1. The first-order valence-corrected chi connectivity index (χ1v) is 8.85. The molecule has 0 saturated heterocycles. The quantitative estimate of drug-likeness (QED) is 0.225. The smallest absolute Gasteiger partial charge is 0.305 e. The fourth-order valence-electron chi connectivity index (χ4n) is 2.89. The van der Waals surface area contributed by atoms with Crippen molar-refractivity contribution in [3.63, 3.8) is 0 Å². The van der Waals surface area contributed by atoms with Gasteiger partial charge in [-0.05, 0) is 25.7 Å². The van der Waals surface area contributed by atoms with Crippen molar-refractivity contribution >= 4 is 11.9 Å². The number of hydrogen-bond donors (Lipinski definition) is 2. The van der Waals surface area contributed by atoms with E-state index < -0.39 is 0 Å². The van der Waals surface area contributed by atoms with Gasteiger partial charge in [-0.2, -0.15) is 0 Å². The average Bonchev–Trinajstić information content (AvgIpc) is 2.78. The molecule has 5 heteroatoms. The highest BCUT2D eigenvalue weighted by Crippen LogP contribution is 2.16. The number of ether oxygens (including phenoxy) is 1. The predicted molar refractivity (Wildman–Crippen MR) is 90.8 cm³/mol. The molecule has 0 aliphatic heterocycles. The standard InChI is InChI=1S/C17H33N3O2/c1-22-16(21)13-9-3-2-6-10-14-19-17(18)20-15-11-7-4-5-8-12-15/h15H,2-14H2,1H3,(H3,18,19,20). The van der Waals surface area contributed by atoms with Crippen LogP contribution in [0.4, 0.5) is 0 Å². The van der Waals surface area contributed by atoms with Crippen LogP contribution in [-0.2, 0) is 9.53 Å². The van der Waals surface area contributed by atoms with Crippen LogP contribution in [0, 0.1) is 0 Å². The number of nitrogens with two attached hydrogens (primary N) is 1. The van der Waals surface area contributed by atoms with E-state index in [4.69, 9.17) is 5.73 Å². The zero-order valence-corrected chi connectivity index (χ0v) is 14.1. The maximum absolute atomic E-state index is 10.9. The minimum absolute atomic E-state index is 0.109. The SMILES string of the molecule is COC(=O)CCCCCCCN=C(N)NC1CCCCCC1. The number of hydrogen-bond acceptors (Lipinski definition) is 3. The lowest BCUT2D eigenvalue weighted by Gasteiger charge is -2.16. The Hall–Kier alpha value is -1.26. The minimum Gasteiger partial charge on any atom is -0.469 e. The highest BCUT2D eigenvalue weighted by Gasteiger charge is 2.11. The molecule has 0 heterocycles. The molecule has 0 amide bonds. The van der Waals surface area contributed by atoms with Crippen molar-refractivity contribution in [1.82, 2.24) is 5.32 Å². The van der Waals surface area contributed by atoms with Gasteiger partial charge in [0.1, 0.15) is 0 Å². The Bertz CT molecular complexity index is 324. The van der Waals surface area contributed by atoms with E-state index in [-0.39, 0.29) is 5.97 Å². The number of nitrogens with zero attached hydrogens (tertiary/aromatic N) is 1. The van der Waals surface area contributed by atoms with Crippen LogP contribution in [0.2, 0.25) is 0 Å². The molecule has 0 spiro atoms. The first-order chi connectivity index (χ1) is 10.7. The molecule has 0 atom stereocenters. The summed E-state index contributed by atoms with van der Waals surface area (Å²) >= 11 is 0. The van der Waals surface area contributed by atoms with Gasteiger partial charge in [0.15, 0.2) is 5.96 Å². The van der Waals surface area contributed by atoms with Crippen molar-refractivity contribution in [3.05, 3.63) is 0 Å². The van der Waals surface area contributed by atoms with Crippen molar-refractivity contribution in [2.75, 3.05) is 13.7 Å². The van der Waals surface area contributed by atoms with Crippen LogP contribution in [0.1, 0.15) is 77.0 Å². The summed E-state index contributed by atoms with van der Waals surface area (Å²) in [6.07, 6.45) is 13.6. The molecular formula is C17H33N3O2. The maximum atomic E-state index is 10.9. The largest absolute Gasteiger partial charge is 0.469 e. The van der Waals surface area contributed by atoms with Crippen LogP contribution in [0.3, 0.4) is 0 Å². The van der Waals surface area contributed by atoms with Crippen molar-refractivity contribution in [1.29, 1.82) is 0 Å². The lowest BCUT2D eigenvalue weighted by atomic mass is 10.1. The molecule has 0 unspecified atom stereocenters. The molecule has 0 aromatic heterocycles. The lowest BCUT2D eigenvalue weighted by molar-refractivity contribution is -0.140. The normalized spacial score (nSPS) is 17.0. The predicted octanol–water partition coefficient (Wildman–Crippen LogP) is 3.13. The van der Waals surface area contributed by atoms with Crippen molar-refractivity contribution in [3.8, 4) is 0 Å². The Labute approximate surface area is 135 Å². The first kappa shape index (κ1) is 18.8. The highest BCUT2D eigenvalue weighted by molar-refractivity contribution is 5.78. The van der Waals surface area contributed by atoms with Crippen LogP contribution in [0.25, 0.3) is 0 Å². The summed E-state index contributed by atoms with van der Waals surface area (Å²) < 4.78 is 4.61. The van der Waals surface area contributed by atoms with E-state index in [1.54, 1.807) is 0 Å². The molecule has 1 rings (SSSR count). The maximum Gasteiger partial charge on any atom is 0.305 e. The molecule has 1 aliphatic carbocycles. The molecule has 1 saturated carbocycles. The van der Waals surface area contributed by atoms with Gasteiger partial charge in [0, 0.05) is 19.0 Å². The summed E-state index contributed by atoms with van der Waals surface area (Å²) in [5.74, 6) is 0.500. The lowest BCUT2D eigenvalue weighted by Crippen LogP contribution is -2.39. The Morgan fingerprint density at radius 3 is 2.41 bits per heavy atom. The Balaban J connectivity index is 1.98. The molecule has 128 valence electrons. The van der Waals surface area contributed by atoms with E-state index in [2.05, 4.69) is 15.0 Å². The highest BCUT2D eigenvalue weighted by atomic mass is 16.5. The summed E-state index contributed by atoms with van der Waals surface area (Å²) in [4.78, 5) is 15.4. The molecule has 0 bridgehead atoms. The number of methoxy groups -OCH3 is 1. The molecule has 0 radical (unpaired) electrons. The Morgan fingerprint density at radius 2 is 1.73 bits per heavy atom. The fraction of sp³-hybridized carbons (Fsp3) is 0.882. The van der Waals surface area contributed by atoms with Gasteiger partial charge >= 0.3 is 5.97 Å². The summed E-state index contributed by atoms with van der Waals surface area (Å²) in [7, 11) is 1.44. The van der Waals surface area contributed by atoms with E-state index in [1.807, 2.05) is 0 Å². The minimum atomic E-state index is -0.109. The molecule has 1 aliphatic rings. The van der Waals surface area contributed by atoms with E-state index in [0.29, 0.717) is 18.4 Å². The number of unbranched alkanes of at least 4 members (excludes halogenated alkanes) is 4. The molecule has 3 N–H and O–H groups in total. The van der Waals surface area contributed by atoms with Crippen LogP contribution >= 0.6 is 0 Å². The zero-order chi connectivity index (χ0) is 16.0. The molecular weight excluding hydrogens is 278 g/mol. The van der Waals surface area contributed by atoms with Crippen LogP contribution < -0.4 is 11.1 Å². The van der Waals surface area contributed by atoms with E-state index in [9.17, 15) is 4.79 Å². The van der Waals surface area contributed by atoms with E-state index >= 15 is 0 Å². The second kappa shape index (κ2) is 12.3. The summed E-state index contributed by atoms with van der Waals surface area (Å²) in [5.41, 5.74) is 5.95. The van der Waals surface area contributed by atoms with Gasteiger partial charge < -0.3 is 15.8 Å². The Morgan fingerprint density at radius 1 is 1.09 bits per heavy atom. The molecule has 0 aromatic carbocycles. The molecule has 22 heavy (non-hydrogen) atoms. The second-order valence-corrected chi connectivity index (χ2v) is 6.19. The zero-order valence-electron chi connectivity index (χ0n) is 14.1. The number of guanidine groups is 1. The van der Waals surface area contributed by atoms with Crippen LogP contribution in [0.15, 0.2) is 4.99 Å². The number of esters is 1. The van der Waals surface area contributed by atoms with Gasteiger partial charge in [0.05, 0.1) is 7.11 Å². The number of aliphatic imine (C=N–C) groups is 1. The van der Waals surface area contributed by atoms with E-state index in [1.165, 1.54) is 45.6 Å². The third-order valence-corrected chi connectivity index (χ3v) is 4.26. The third-order valence-electron chi connectivity index (χ3n) is 4.26. The molecule has 5 nitrogen and oxygen atoms in total. The number of carbonyl (C=O) groups excluding carboxylic acids is 1. The fourth-order valence-corrected chi connectivity index (χ4v) is 2.89. The van der Waals surface area contributed by atoms with Gasteiger partial charge in [-0.15, -0.1) is 0 Å². The first-order valence-electron chi connectivity index (χ1n) is 8.85. The molecule has 0 aromatic rings. The third kappa shape index (κ3) is 9.64. The monoisotopic (exact) mass is 311 g/mol. The summed E-state index contributed by atoms with van der Waals surface area (Å²) in [6.45, 7) is 0.794. The molecule has 1 fully saturated rings. The summed E-state index contributed by atoms with van der Waals surface area (Å²) in [6, 6.07) is 0.518. The van der Waals surface area contributed by atoms with Crippen LogP contribution in [-0.4, -0.2) is 31.6 Å². The van der Waals surface area contributed by atoms with Gasteiger partial charge in [-0.3, -0.25) is 9.79 Å². The summed E-state index contributed by atoms with van der Waals surface area (Å²) in [5, 5.41) is 3.37. The van der Waals surface area contributed by atoms with E-state index in [0.717, 1.165) is 38.6 Å². The van der Waals surface area contributed by atoms with Crippen LogP contribution in [0.5, 0.6) is 0 Å². The van der Waals surface area contributed by atoms with Gasteiger partial charge in [-0.25, -0.2) is 0 Å². The second-order valence-electron chi connectivity index (χ2n) is 6.19. The number of rotatable bonds is 9. The van der Waals surface area contributed by atoms with Crippen molar-refractivity contribution in [2.24, 2.45) is 10.7 Å². The topological polar surface area (TPSA) is 76.7 Å². The van der Waals surface area contributed by atoms with Crippen molar-refractivity contribution < 1.29 is 9.53 Å².